The minimum Gasteiger partial charge on any atom is -0.374 e. The zero-order chi connectivity index (χ0) is 11.5. The van der Waals surface area contributed by atoms with Crippen molar-refractivity contribution >= 4 is 12.0 Å². The molecule has 0 bridgehead atoms. The largest absolute Gasteiger partial charge is 0.374 e. The van der Waals surface area contributed by atoms with Crippen LogP contribution in [0.3, 0.4) is 0 Å². The average molecular weight is 209 g/mol. The van der Waals surface area contributed by atoms with Crippen molar-refractivity contribution in [3.8, 4) is 0 Å². The molecule has 0 spiro atoms. The second-order valence-corrected chi connectivity index (χ2v) is 4.44. The lowest BCUT2D eigenvalue weighted by atomic mass is 9.95. The van der Waals surface area contributed by atoms with Crippen molar-refractivity contribution in [1.29, 1.82) is 0 Å². The fraction of sp³-hybridized carbons (Fsp3) is 0.417. The predicted octanol–water partition coefficient (Wildman–Crippen LogP) is 2.49. The average Bonchev–Trinajstić information content (AvgIpc) is 2.17. The molecule has 1 aromatic carbocycles. The topological polar surface area (TPSA) is 20.3 Å². The standard InChI is InChI=1S/C12H16FNO/c1-12(2,9-15)8-14(3)11-6-4-5-10(13)7-11/h4-7,9H,8H2,1-3H3. The Balaban J connectivity index is 2.77. The first-order valence-electron chi connectivity index (χ1n) is 4.88. The first-order chi connectivity index (χ1) is 6.94. The van der Waals surface area contributed by atoms with Crippen LogP contribution in [0.1, 0.15) is 13.8 Å². The van der Waals surface area contributed by atoms with Crippen molar-refractivity contribution in [1.82, 2.24) is 0 Å². The molecule has 0 atom stereocenters. The van der Waals surface area contributed by atoms with Gasteiger partial charge >= 0.3 is 0 Å². The molecule has 0 saturated heterocycles. The van der Waals surface area contributed by atoms with E-state index in [1.165, 1.54) is 12.1 Å². The number of benzene rings is 1. The van der Waals surface area contributed by atoms with Gasteiger partial charge in [-0.15, -0.1) is 0 Å². The number of rotatable bonds is 4. The highest BCUT2D eigenvalue weighted by atomic mass is 19.1. The quantitative estimate of drug-likeness (QED) is 0.710. The molecule has 2 nitrogen and oxygen atoms in total. The van der Waals surface area contributed by atoms with E-state index in [1.807, 2.05) is 31.9 Å². The Hall–Kier alpha value is -1.38. The third-order valence-corrected chi connectivity index (χ3v) is 2.21. The van der Waals surface area contributed by atoms with E-state index in [9.17, 15) is 9.18 Å². The number of hydrogen-bond acceptors (Lipinski definition) is 2. The molecular weight excluding hydrogens is 193 g/mol. The van der Waals surface area contributed by atoms with Crippen LogP contribution in [0.4, 0.5) is 10.1 Å². The van der Waals surface area contributed by atoms with Crippen LogP contribution in [-0.4, -0.2) is 19.9 Å². The van der Waals surface area contributed by atoms with Crippen molar-refractivity contribution in [3.05, 3.63) is 30.1 Å². The Morgan fingerprint density at radius 2 is 2.13 bits per heavy atom. The molecule has 82 valence electrons. The maximum Gasteiger partial charge on any atom is 0.127 e. The van der Waals surface area contributed by atoms with Gasteiger partial charge in [0.25, 0.3) is 0 Å². The lowest BCUT2D eigenvalue weighted by Gasteiger charge is -2.27. The summed E-state index contributed by atoms with van der Waals surface area (Å²) in [6.07, 6.45) is 0.919. The van der Waals surface area contributed by atoms with E-state index in [-0.39, 0.29) is 5.82 Å². The summed E-state index contributed by atoms with van der Waals surface area (Å²) in [5, 5.41) is 0. The summed E-state index contributed by atoms with van der Waals surface area (Å²) in [6.45, 7) is 4.28. The Labute approximate surface area is 89.7 Å². The van der Waals surface area contributed by atoms with E-state index in [0.717, 1.165) is 12.0 Å². The third kappa shape index (κ3) is 3.35. The highest BCUT2D eigenvalue weighted by Gasteiger charge is 2.19. The van der Waals surface area contributed by atoms with Crippen LogP contribution < -0.4 is 4.90 Å². The number of anilines is 1. The van der Waals surface area contributed by atoms with Gasteiger partial charge in [-0.05, 0) is 18.2 Å². The number of nitrogens with zero attached hydrogens (tertiary/aromatic N) is 1. The van der Waals surface area contributed by atoms with E-state index in [1.54, 1.807) is 6.07 Å². The number of carbonyl (C=O) groups excluding carboxylic acids is 1. The summed E-state index contributed by atoms with van der Waals surface area (Å²) >= 11 is 0. The Morgan fingerprint density at radius 3 is 2.67 bits per heavy atom. The van der Waals surface area contributed by atoms with Crippen LogP contribution in [0.15, 0.2) is 24.3 Å². The summed E-state index contributed by atoms with van der Waals surface area (Å²) in [4.78, 5) is 12.6. The maximum atomic E-state index is 12.9. The zero-order valence-corrected chi connectivity index (χ0v) is 9.33. The molecule has 0 saturated carbocycles. The third-order valence-electron chi connectivity index (χ3n) is 2.21. The van der Waals surface area contributed by atoms with Crippen molar-refractivity contribution in [2.45, 2.75) is 13.8 Å². The SMILES string of the molecule is CN(CC(C)(C)C=O)c1cccc(F)c1. The summed E-state index contributed by atoms with van der Waals surface area (Å²) < 4.78 is 12.9. The maximum absolute atomic E-state index is 12.9. The number of halogens is 1. The Kier molecular flexibility index (Phi) is 3.45. The van der Waals surface area contributed by atoms with Crippen molar-refractivity contribution in [2.75, 3.05) is 18.5 Å². The fourth-order valence-electron chi connectivity index (χ4n) is 1.45. The molecule has 0 fully saturated rings. The number of hydrogen-bond donors (Lipinski definition) is 0. The van der Waals surface area contributed by atoms with Crippen molar-refractivity contribution < 1.29 is 9.18 Å². The van der Waals surface area contributed by atoms with E-state index in [0.29, 0.717) is 6.54 Å². The van der Waals surface area contributed by atoms with Gasteiger partial charge in [0.1, 0.15) is 12.1 Å². The zero-order valence-electron chi connectivity index (χ0n) is 9.33. The second-order valence-electron chi connectivity index (χ2n) is 4.44. The molecule has 0 aliphatic heterocycles. The molecule has 1 aromatic rings. The minimum atomic E-state index is -0.416. The van der Waals surface area contributed by atoms with Crippen LogP contribution in [0.25, 0.3) is 0 Å². The summed E-state index contributed by atoms with van der Waals surface area (Å²) in [6, 6.07) is 6.35. The summed E-state index contributed by atoms with van der Waals surface area (Å²) in [7, 11) is 1.85. The predicted molar refractivity (Wildman–Crippen MR) is 59.5 cm³/mol. The van der Waals surface area contributed by atoms with Crippen LogP contribution >= 0.6 is 0 Å². The first-order valence-corrected chi connectivity index (χ1v) is 4.88. The lowest BCUT2D eigenvalue weighted by Crippen LogP contribution is -2.32. The van der Waals surface area contributed by atoms with Gasteiger partial charge in [-0.1, -0.05) is 19.9 Å². The van der Waals surface area contributed by atoms with Gasteiger partial charge in [0.05, 0.1) is 0 Å². The highest BCUT2D eigenvalue weighted by Crippen LogP contribution is 2.19. The van der Waals surface area contributed by atoms with Gasteiger partial charge in [-0.2, -0.15) is 0 Å². The molecule has 0 amide bonds. The Morgan fingerprint density at radius 1 is 1.47 bits per heavy atom. The normalized spacial score (nSPS) is 11.2. The number of carbonyl (C=O) groups is 1. The second kappa shape index (κ2) is 4.43. The van der Waals surface area contributed by atoms with Crippen LogP contribution in [-0.2, 0) is 4.79 Å². The van der Waals surface area contributed by atoms with Gasteiger partial charge in [-0.25, -0.2) is 4.39 Å². The monoisotopic (exact) mass is 209 g/mol. The molecule has 0 heterocycles. The number of aldehydes is 1. The minimum absolute atomic E-state index is 0.261. The van der Waals surface area contributed by atoms with Gasteiger partial charge in [0.2, 0.25) is 0 Å². The molecule has 0 aliphatic carbocycles. The molecule has 0 N–H and O–H groups in total. The summed E-state index contributed by atoms with van der Waals surface area (Å²) in [5.41, 5.74) is 0.367. The highest BCUT2D eigenvalue weighted by molar-refractivity contribution is 5.60. The van der Waals surface area contributed by atoms with Gasteiger partial charge in [0.15, 0.2) is 0 Å². The van der Waals surface area contributed by atoms with Gasteiger partial charge in [-0.3, -0.25) is 0 Å². The smallest absolute Gasteiger partial charge is 0.127 e. The van der Waals surface area contributed by atoms with Gasteiger partial charge < -0.3 is 9.69 Å². The van der Waals surface area contributed by atoms with E-state index < -0.39 is 5.41 Å². The van der Waals surface area contributed by atoms with E-state index in [4.69, 9.17) is 0 Å². The molecule has 15 heavy (non-hydrogen) atoms. The molecule has 0 aliphatic rings. The molecule has 0 aromatic heterocycles. The lowest BCUT2D eigenvalue weighted by molar-refractivity contribution is -0.114. The first kappa shape index (κ1) is 11.7. The summed E-state index contributed by atoms with van der Waals surface area (Å²) in [5.74, 6) is -0.261. The van der Waals surface area contributed by atoms with E-state index >= 15 is 0 Å². The molecular formula is C12H16FNO. The molecule has 3 heteroatoms. The van der Waals surface area contributed by atoms with Gasteiger partial charge in [0, 0.05) is 24.7 Å². The fourth-order valence-corrected chi connectivity index (χ4v) is 1.45. The Bertz CT molecular complexity index is 349. The van der Waals surface area contributed by atoms with Crippen LogP contribution in [0, 0.1) is 11.2 Å². The van der Waals surface area contributed by atoms with Crippen molar-refractivity contribution in [2.24, 2.45) is 5.41 Å². The van der Waals surface area contributed by atoms with Crippen LogP contribution in [0.2, 0.25) is 0 Å². The molecule has 0 unspecified atom stereocenters. The molecule has 1 rings (SSSR count). The van der Waals surface area contributed by atoms with Crippen molar-refractivity contribution in [3.63, 3.8) is 0 Å². The molecule has 0 radical (unpaired) electrons. The van der Waals surface area contributed by atoms with Crippen LogP contribution in [0.5, 0.6) is 0 Å². The van der Waals surface area contributed by atoms with E-state index in [2.05, 4.69) is 0 Å².